The Balaban J connectivity index is 1.63. The van der Waals surface area contributed by atoms with Gasteiger partial charge in [0, 0.05) is 24.9 Å². The van der Waals surface area contributed by atoms with E-state index in [-0.39, 0.29) is 16.8 Å². The zero-order valence-electron chi connectivity index (χ0n) is 15.3. The van der Waals surface area contributed by atoms with E-state index in [1.165, 1.54) is 24.0 Å². The van der Waals surface area contributed by atoms with Gasteiger partial charge in [0.2, 0.25) is 0 Å². The molecular weight excluding hydrogens is 346 g/mol. The molecule has 0 heterocycles. The Kier molecular flexibility index (Phi) is 5.47. The van der Waals surface area contributed by atoms with Crippen LogP contribution in [0, 0.1) is 0 Å². The molecule has 1 aliphatic rings. The SMILES string of the molecule is CN(C(=O)c1ccc(S(C)(=O)=O)cc1)C1CCC(c2ccccc2)CC1. The van der Waals surface area contributed by atoms with E-state index in [1.54, 1.807) is 12.1 Å². The number of amides is 1. The van der Waals surface area contributed by atoms with Gasteiger partial charge in [-0.1, -0.05) is 30.3 Å². The van der Waals surface area contributed by atoms with Crippen molar-refractivity contribution in [1.29, 1.82) is 0 Å². The lowest BCUT2D eigenvalue weighted by molar-refractivity contribution is 0.0689. The van der Waals surface area contributed by atoms with Gasteiger partial charge in [0.25, 0.3) is 5.91 Å². The molecule has 1 fully saturated rings. The number of rotatable bonds is 4. The van der Waals surface area contributed by atoms with E-state index in [9.17, 15) is 13.2 Å². The van der Waals surface area contributed by atoms with Gasteiger partial charge >= 0.3 is 0 Å². The fourth-order valence-corrected chi connectivity index (χ4v) is 4.37. The van der Waals surface area contributed by atoms with E-state index in [1.807, 2.05) is 18.0 Å². The molecule has 0 unspecified atom stereocenters. The maximum atomic E-state index is 12.7. The Morgan fingerprint density at radius 3 is 2.04 bits per heavy atom. The van der Waals surface area contributed by atoms with Crippen molar-refractivity contribution in [2.24, 2.45) is 0 Å². The van der Waals surface area contributed by atoms with Gasteiger partial charge < -0.3 is 4.90 Å². The Bertz CT molecular complexity index is 852. The summed E-state index contributed by atoms with van der Waals surface area (Å²) in [4.78, 5) is 14.8. The molecule has 0 aliphatic heterocycles. The molecule has 0 aromatic heterocycles. The summed E-state index contributed by atoms with van der Waals surface area (Å²) in [6, 6.07) is 17.0. The molecule has 0 saturated heterocycles. The quantitative estimate of drug-likeness (QED) is 0.819. The van der Waals surface area contributed by atoms with Crippen LogP contribution < -0.4 is 0 Å². The number of carbonyl (C=O) groups is 1. The number of benzene rings is 2. The molecule has 0 atom stereocenters. The zero-order valence-corrected chi connectivity index (χ0v) is 16.1. The first-order valence-corrected chi connectivity index (χ1v) is 10.9. The van der Waals surface area contributed by atoms with Crippen LogP contribution in [0.1, 0.15) is 47.5 Å². The van der Waals surface area contributed by atoms with Crippen molar-refractivity contribution >= 4 is 15.7 Å². The van der Waals surface area contributed by atoms with Crippen molar-refractivity contribution in [3.05, 3.63) is 65.7 Å². The van der Waals surface area contributed by atoms with E-state index >= 15 is 0 Å². The van der Waals surface area contributed by atoms with E-state index < -0.39 is 9.84 Å². The van der Waals surface area contributed by atoms with E-state index in [2.05, 4.69) is 24.3 Å². The molecule has 138 valence electrons. The Morgan fingerprint density at radius 1 is 0.923 bits per heavy atom. The predicted octanol–water partition coefficient (Wildman–Crippen LogP) is 3.89. The topological polar surface area (TPSA) is 54.5 Å². The second kappa shape index (κ2) is 7.62. The smallest absolute Gasteiger partial charge is 0.253 e. The fourth-order valence-electron chi connectivity index (χ4n) is 3.74. The minimum Gasteiger partial charge on any atom is -0.339 e. The second-order valence-corrected chi connectivity index (χ2v) is 9.14. The minimum absolute atomic E-state index is 0.0480. The van der Waals surface area contributed by atoms with Crippen LogP contribution in [-0.2, 0) is 9.84 Å². The van der Waals surface area contributed by atoms with Crippen molar-refractivity contribution < 1.29 is 13.2 Å². The number of carbonyl (C=O) groups excluding carboxylic acids is 1. The molecule has 4 nitrogen and oxygen atoms in total. The highest BCUT2D eigenvalue weighted by Gasteiger charge is 2.27. The van der Waals surface area contributed by atoms with Crippen LogP contribution in [0.2, 0.25) is 0 Å². The Labute approximate surface area is 155 Å². The molecular formula is C21H25NO3S. The highest BCUT2D eigenvalue weighted by Crippen LogP contribution is 2.34. The predicted molar refractivity (Wildman–Crippen MR) is 103 cm³/mol. The van der Waals surface area contributed by atoms with Crippen molar-refractivity contribution in [1.82, 2.24) is 4.90 Å². The maximum Gasteiger partial charge on any atom is 0.253 e. The first-order valence-electron chi connectivity index (χ1n) is 8.98. The molecule has 1 aliphatic carbocycles. The molecule has 1 amide bonds. The van der Waals surface area contributed by atoms with Crippen LogP contribution in [-0.4, -0.2) is 38.6 Å². The molecule has 0 radical (unpaired) electrons. The van der Waals surface area contributed by atoms with E-state index in [0.29, 0.717) is 11.5 Å². The fraction of sp³-hybridized carbons (Fsp3) is 0.381. The Morgan fingerprint density at radius 2 is 1.50 bits per heavy atom. The van der Waals surface area contributed by atoms with Gasteiger partial charge in [0.05, 0.1) is 4.90 Å². The third-order valence-corrected chi connectivity index (χ3v) is 6.49. The van der Waals surface area contributed by atoms with Gasteiger partial charge in [0.1, 0.15) is 0 Å². The molecule has 0 bridgehead atoms. The van der Waals surface area contributed by atoms with Crippen LogP contribution in [0.3, 0.4) is 0 Å². The van der Waals surface area contributed by atoms with Crippen LogP contribution >= 0.6 is 0 Å². The minimum atomic E-state index is -3.24. The third kappa shape index (κ3) is 4.15. The molecule has 3 rings (SSSR count). The maximum absolute atomic E-state index is 12.7. The number of nitrogens with zero attached hydrogens (tertiary/aromatic N) is 1. The average molecular weight is 372 g/mol. The van der Waals surface area contributed by atoms with Crippen molar-refractivity contribution in [3.63, 3.8) is 0 Å². The lowest BCUT2D eigenvalue weighted by atomic mass is 9.81. The van der Waals surface area contributed by atoms with Gasteiger partial charge in [-0.15, -0.1) is 0 Å². The number of hydrogen-bond donors (Lipinski definition) is 0. The molecule has 0 spiro atoms. The molecule has 5 heteroatoms. The highest BCUT2D eigenvalue weighted by atomic mass is 32.2. The average Bonchev–Trinajstić information content (AvgIpc) is 2.67. The summed E-state index contributed by atoms with van der Waals surface area (Å²) in [5.41, 5.74) is 1.92. The molecule has 1 saturated carbocycles. The summed E-state index contributed by atoms with van der Waals surface area (Å²) in [5.74, 6) is 0.526. The summed E-state index contributed by atoms with van der Waals surface area (Å²) in [6.07, 6.45) is 5.31. The second-order valence-electron chi connectivity index (χ2n) is 7.13. The standard InChI is InChI=1S/C21H25NO3S/c1-22(21(23)18-10-14-20(15-11-18)26(2,24)25)19-12-8-17(9-13-19)16-6-4-3-5-7-16/h3-7,10-11,14-15,17,19H,8-9,12-13H2,1-2H3. The number of sulfone groups is 1. The largest absolute Gasteiger partial charge is 0.339 e. The van der Waals surface area contributed by atoms with Crippen LogP contribution in [0.5, 0.6) is 0 Å². The third-order valence-electron chi connectivity index (χ3n) is 5.37. The zero-order chi connectivity index (χ0) is 18.7. The van der Waals surface area contributed by atoms with Crippen molar-refractivity contribution in [2.75, 3.05) is 13.3 Å². The highest BCUT2D eigenvalue weighted by molar-refractivity contribution is 7.90. The molecule has 26 heavy (non-hydrogen) atoms. The Hall–Kier alpha value is -2.14. The van der Waals surface area contributed by atoms with E-state index in [4.69, 9.17) is 0 Å². The summed E-state index contributed by atoms with van der Waals surface area (Å²) in [5, 5.41) is 0. The normalized spacial score (nSPS) is 20.5. The molecule has 0 N–H and O–H groups in total. The summed E-state index contributed by atoms with van der Waals surface area (Å²) < 4.78 is 23.1. The van der Waals surface area contributed by atoms with Gasteiger partial charge in [-0.25, -0.2) is 8.42 Å². The van der Waals surface area contributed by atoms with Gasteiger partial charge in [-0.3, -0.25) is 4.79 Å². The number of hydrogen-bond acceptors (Lipinski definition) is 3. The van der Waals surface area contributed by atoms with Gasteiger partial charge in [-0.05, 0) is 61.4 Å². The first-order chi connectivity index (χ1) is 12.4. The van der Waals surface area contributed by atoms with Gasteiger partial charge in [-0.2, -0.15) is 0 Å². The summed E-state index contributed by atoms with van der Waals surface area (Å²) in [6.45, 7) is 0. The van der Waals surface area contributed by atoms with E-state index in [0.717, 1.165) is 25.7 Å². The first kappa shape index (κ1) is 18.6. The summed E-state index contributed by atoms with van der Waals surface area (Å²) in [7, 11) is -1.40. The van der Waals surface area contributed by atoms with Crippen LogP contribution in [0.15, 0.2) is 59.5 Å². The monoisotopic (exact) mass is 371 g/mol. The lowest BCUT2D eigenvalue weighted by Crippen LogP contribution is -2.39. The summed E-state index contributed by atoms with van der Waals surface area (Å²) >= 11 is 0. The van der Waals surface area contributed by atoms with Gasteiger partial charge in [0.15, 0.2) is 9.84 Å². The van der Waals surface area contributed by atoms with Crippen LogP contribution in [0.4, 0.5) is 0 Å². The van der Waals surface area contributed by atoms with Crippen molar-refractivity contribution in [3.8, 4) is 0 Å². The molecule has 2 aromatic carbocycles. The molecule has 2 aromatic rings. The lowest BCUT2D eigenvalue weighted by Gasteiger charge is -2.35. The van der Waals surface area contributed by atoms with Crippen LogP contribution in [0.25, 0.3) is 0 Å². The van der Waals surface area contributed by atoms with Crippen molar-refractivity contribution in [2.45, 2.75) is 42.5 Å².